The SMILES string of the molecule is Cc1ccnc(CN(C)I)c1. The number of aryl methyl sites for hydroxylation is 1. The molecule has 0 saturated carbocycles. The molecular formula is C8H11IN2. The van der Waals surface area contributed by atoms with Gasteiger partial charge in [0.15, 0.2) is 0 Å². The normalized spacial score (nSPS) is 10.5. The highest BCUT2D eigenvalue weighted by molar-refractivity contribution is 14.1. The monoisotopic (exact) mass is 262 g/mol. The van der Waals surface area contributed by atoms with E-state index in [4.69, 9.17) is 0 Å². The van der Waals surface area contributed by atoms with E-state index in [1.54, 1.807) is 0 Å². The molecule has 0 amide bonds. The lowest BCUT2D eigenvalue weighted by molar-refractivity contribution is 0.598. The van der Waals surface area contributed by atoms with Crippen molar-refractivity contribution in [1.82, 2.24) is 8.10 Å². The third-order valence-electron chi connectivity index (χ3n) is 1.35. The van der Waals surface area contributed by atoms with Crippen molar-refractivity contribution in [1.29, 1.82) is 0 Å². The lowest BCUT2D eigenvalue weighted by Gasteiger charge is -2.06. The maximum Gasteiger partial charge on any atom is 0.0554 e. The van der Waals surface area contributed by atoms with Gasteiger partial charge in [-0.1, -0.05) is 0 Å². The Labute approximate surface area is 81.1 Å². The van der Waals surface area contributed by atoms with Gasteiger partial charge in [-0.15, -0.1) is 0 Å². The van der Waals surface area contributed by atoms with Gasteiger partial charge in [0.1, 0.15) is 0 Å². The van der Waals surface area contributed by atoms with Gasteiger partial charge in [-0.3, -0.25) is 4.98 Å². The van der Waals surface area contributed by atoms with E-state index in [0.717, 1.165) is 12.2 Å². The molecule has 1 aromatic rings. The van der Waals surface area contributed by atoms with Crippen molar-refractivity contribution in [2.45, 2.75) is 13.5 Å². The van der Waals surface area contributed by atoms with Crippen LogP contribution in [-0.4, -0.2) is 15.1 Å². The van der Waals surface area contributed by atoms with Crippen LogP contribution in [0.15, 0.2) is 18.3 Å². The van der Waals surface area contributed by atoms with Crippen molar-refractivity contribution in [3.05, 3.63) is 29.6 Å². The summed E-state index contributed by atoms with van der Waals surface area (Å²) in [6.07, 6.45) is 1.85. The first-order valence-electron chi connectivity index (χ1n) is 3.47. The molecule has 1 rings (SSSR count). The summed E-state index contributed by atoms with van der Waals surface area (Å²) in [6.45, 7) is 2.99. The molecule has 0 saturated heterocycles. The number of aromatic nitrogens is 1. The molecule has 1 heterocycles. The molecule has 0 aliphatic carbocycles. The van der Waals surface area contributed by atoms with Gasteiger partial charge in [-0.05, 0) is 31.7 Å². The van der Waals surface area contributed by atoms with Crippen LogP contribution >= 0.6 is 22.9 Å². The summed E-state index contributed by atoms with van der Waals surface area (Å²) in [7, 11) is 2.03. The van der Waals surface area contributed by atoms with Crippen LogP contribution in [0.2, 0.25) is 0 Å². The second-order valence-electron chi connectivity index (χ2n) is 2.59. The van der Waals surface area contributed by atoms with Crippen LogP contribution in [0.5, 0.6) is 0 Å². The molecule has 1 aromatic heterocycles. The van der Waals surface area contributed by atoms with E-state index in [-0.39, 0.29) is 0 Å². The van der Waals surface area contributed by atoms with Crippen molar-refractivity contribution in [3.63, 3.8) is 0 Å². The highest BCUT2D eigenvalue weighted by Crippen LogP contribution is 2.05. The highest BCUT2D eigenvalue weighted by atomic mass is 127. The minimum Gasteiger partial charge on any atom is -0.260 e. The van der Waals surface area contributed by atoms with Gasteiger partial charge in [0.2, 0.25) is 0 Å². The Morgan fingerprint density at radius 3 is 2.91 bits per heavy atom. The summed E-state index contributed by atoms with van der Waals surface area (Å²) < 4.78 is 2.08. The van der Waals surface area contributed by atoms with E-state index in [2.05, 4.69) is 44.0 Å². The smallest absolute Gasteiger partial charge is 0.0554 e. The Kier molecular flexibility index (Phi) is 3.26. The number of pyridine rings is 1. The van der Waals surface area contributed by atoms with Crippen molar-refractivity contribution in [2.75, 3.05) is 7.05 Å². The number of hydrogen-bond acceptors (Lipinski definition) is 2. The van der Waals surface area contributed by atoms with Crippen molar-refractivity contribution >= 4 is 22.9 Å². The minimum atomic E-state index is 0.905. The summed E-state index contributed by atoms with van der Waals surface area (Å²) in [5, 5.41) is 0. The van der Waals surface area contributed by atoms with Crippen LogP contribution < -0.4 is 0 Å². The summed E-state index contributed by atoms with van der Waals surface area (Å²) >= 11 is 2.25. The summed E-state index contributed by atoms with van der Waals surface area (Å²) in [5.41, 5.74) is 2.40. The predicted molar refractivity (Wildman–Crippen MR) is 54.5 cm³/mol. The number of hydrogen-bond donors (Lipinski definition) is 0. The van der Waals surface area contributed by atoms with Crippen LogP contribution in [0.4, 0.5) is 0 Å². The molecule has 2 nitrogen and oxygen atoms in total. The third-order valence-corrected chi connectivity index (χ3v) is 1.69. The van der Waals surface area contributed by atoms with E-state index in [0.29, 0.717) is 0 Å². The third kappa shape index (κ3) is 3.16. The van der Waals surface area contributed by atoms with Gasteiger partial charge in [0, 0.05) is 29.1 Å². The molecule has 11 heavy (non-hydrogen) atoms. The van der Waals surface area contributed by atoms with Gasteiger partial charge >= 0.3 is 0 Å². The molecule has 0 aliphatic rings. The summed E-state index contributed by atoms with van der Waals surface area (Å²) in [4.78, 5) is 4.23. The fraction of sp³-hybridized carbons (Fsp3) is 0.375. The highest BCUT2D eigenvalue weighted by Gasteiger charge is 1.96. The van der Waals surface area contributed by atoms with Crippen LogP contribution in [0, 0.1) is 6.92 Å². The van der Waals surface area contributed by atoms with Gasteiger partial charge in [0.25, 0.3) is 0 Å². The number of rotatable bonds is 2. The van der Waals surface area contributed by atoms with Crippen LogP contribution in [0.1, 0.15) is 11.3 Å². The standard InChI is InChI=1S/C8H11IN2/c1-7-3-4-10-8(5-7)6-11(2)9/h3-5H,6H2,1-2H3. The minimum absolute atomic E-state index is 0.905. The fourth-order valence-corrected chi connectivity index (χ4v) is 1.26. The van der Waals surface area contributed by atoms with Crippen LogP contribution in [0.3, 0.4) is 0 Å². The Morgan fingerprint density at radius 1 is 1.64 bits per heavy atom. The molecule has 0 N–H and O–H groups in total. The van der Waals surface area contributed by atoms with Gasteiger partial charge < -0.3 is 0 Å². The molecule has 60 valence electrons. The van der Waals surface area contributed by atoms with Crippen LogP contribution in [-0.2, 0) is 6.54 Å². The Morgan fingerprint density at radius 2 is 2.36 bits per heavy atom. The number of halogens is 1. The molecule has 3 heteroatoms. The number of nitrogens with zero attached hydrogens (tertiary/aromatic N) is 2. The lowest BCUT2D eigenvalue weighted by atomic mass is 10.2. The first-order valence-corrected chi connectivity index (χ1v) is 4.43. The van der Waals surface area contributed by atoms with Gasteiger partial charge in [0.05, 0.1) is 12.2 Å². The fourth-order valence-electron chi connectivity index (χ4n) is 0.908. The molecule has 0 unspecified atom stereocenters. The molecule has 0 radical (unpaired) electrons. The summed E-state index contributed by atoms with van der Waals surface area (Å²) in [6, 6.07) is 4.12. The maximum absolute atomic E-state index is 4.23. The quantitative estimate of drug-likeness (QED) is 0.599. The second kappa shape index (κ2) is 4.01. The van der Waals surface area contributed by atoms with E-state index < -0.39 is 0 Å². The van der Waals surface area contributed by atoms with Gasteiger partial charge in [-0.2, -0.15) is 0 Å². The zero-order chi connectivity index (χ0) is 8.27. The van der Waals surface area contributed by atoms with Crippen molar-refractivity contribution < 1.29 is 0 Å². The Balaban J connectivity index is 2.71. The van der Waals surface area contributed by atoms with E-state index in [1.165, 1.54) is 5.56 Å². The Bertz CT molecular complexity index is 235. The van der Waals surface area contributed by atoms with E-state index in [1.807, 2.05) is 19.3 Å². The average Bonchev–Trinajstić information content (AvgIpc) is 1.85. The first kappa shape index (κ1) is 8.93. The average molecular weight is 262 g/mol. The zero-order valence-corrected chi connectivity index (χ0v) is 8.87. The van der Waals surface area contributed by atoms with Crippen LogP contribution in [0.25, 0.3) is 0 Å². The first-order chi connectivity index (χ1) is 5.18. The lowest BCUT2D eigenvalue weighted by Crippen LogP contribution is -2.04. The van der Waals surface area contributed by atoms with Crippen molar-refractivity contribution in [3.8, 4) is 0 Å². The molecule has 0 spiro atoms. The molecular weight excluding hydrogens is 251 g/mol. The zero-order valence-electron chi connectivity index (χ0n) is 6.71. The second-order valence-corrected chi connectivity index (χ2v) is 4.23. The molecule has 0 bridgehead atoms. The van der Waals surface area contributed by atoms with E-state index in [9.17, 15) is 0 Å². The molecule has 0 aromatic carbocycles. The van der Waals surface area contributed by atoms with Crippen molar-refractivity contribution in [2.24, 2.45) is 0 Å². The molecule has 0 fully saturated rings. The summed E-state index contributed by atoms with van der Waals surface area (Å²) in [5.74, 6) is 0. The van der Waals surface area contributed by atoms with Gasteiger partial charge in [-0.25, -0.2) is 3.11 Å². The largest absolute Gasteiger partial charge is 0.260 e. The molecule has 0 atom stereocenters. The van der Waals surface area contributed by atoms with E-state index >= 15 is 0 Å². The topological polar surface area (TPSA) is 16.1 Å². The molecule has 0 aliphatic heterocycles. The Hall–Kier alpha value is -0.160. The maximum atomic E-state index is 4.23. The predicted octanol–water partition coefficient (Wildman–Crippen LogP) is 2.17.